The maximum absolute atomic E-state index is 12.5. The van der Waals surface area contributed by atoms with Crippen molar-refractivity contribution in [1.82, 2.24) is 15.6 Å². The van der Waals surface area contributed by atoms with E-state index in [-0.39, 0.29) is 23.8 Å². The first-order valence-corrected chi connectivity index (χ1v) is 9.59. The summed E-state index contributed by atoms with van der Waals surface area (Å²) in [5.41, 5.74) is 0.973. The monoisotopic (exact) mass is 343 g/mol. The van der Waals surface area contributed by atoms with E-state index < -0.39 is 0 Å². The van der Waals surface area contributed by atoms with Gasteiger partial charge in [0.15, 0.2) is 0 Å². The summed E-state index contributed by atoms with van der Waals surface area (Å²) in [6, 6.07) is 5.94. The molecule has 136 valence electrons. The Bertz CT molecular complexity index is 578. The molecule has 0 saturated heterocycles. The number of hydrogen-bond acceptors (Lipinski definition) is 3. The Morgan fingerprint density at radius 3 is 2.48 bits per heavy atom. The molecule has 2 saturated carbocycles. The highest BCUT2D eigenvalue weighted by Crippen LogP contribution is 2.37. The molecule has 0 unspecified atom stereocenters. The van der Waals surface area contributed by atoms with Crippen molar-refractivity contribution in [3.8, 4) is 0 Å². The summed E-state index contributed by atoms with van der Waals surface area (Å²) in [5.74, 6) is 1.41. The van der Waals surface area contributed by atoms with Crippen LogP contribution in [0.5, 0.6) is 0 Å². The standard InChI is InChI=1S/C20H29N3O2/c1-14(24)22-13-15-8-10-16(11-9-15)19(18-7-2-3-12-21-18)23-20(25)17-5-4-6-17/h2-3,7,12,15-17,19H,4-6,8-11,13H2,1H3,(H,22,24)(H,23,25)/t15?,16?,19-/m0/s1. The molecule has 3 rings (SSSR count). The zero-order chi connectivity index (χ0) is 17.6. The van der Waals surface area contributed by atoms with Crippen LogP contribution in [0, 0.1) is 17.8 Å². The van der Waals surface area contributed by atoms with Gasteiger partial charge in [0.25, 0.3) is 0 Å². The largest absolute Gasteiger partial charge is 0.356 e. The quantitative estimate of drug-likeness (QED) is 0.834. The third kappa shape index (κ3) is 4.80. The summed E-state index contributed by atoms with van der Waals surface area (Å²) in [6.45, 7) is 2.34. The van der Waals surface area contributed by atoms with E-state index in [0.717, 1.165) is 50.8 Å². The Hall–Kier alpha value is -1.91. The number of pyridine rings is 1. The number of amides is 2. The average Bonchev–Trinajstić information content (AvgIpc) is 2.58. The van der Waals surface area contributed by atoms with Gasteiger partial charge in [-0.2, -0.15) is 0 Å². The molecule has 1 atom stereocenters. The molecule has 0 aliphatic heterocycles. The fourth-order valence-electron chi connectivity index (χ4n) is 3.95. The molecular formula is C20H29N3O2. The maximum atomic E-state index is 12.5. The smallest absolute Gasteiger partial charge is 0.223 e. The van der Waals surface area contributed by atoms with Gasteiger partial charge in [0.1, 0.15) is 0 Å². The Kier molecular flexibility index (Phi) is 6.05. The van der Waals surface area contributed by atoms with Gasteiger partial charge in [0.2, 0.25) is 11.8 Å². The van der Waals surface area contributed by atoms with Gasteiger partial charge in [-0.1, -0.05) is 12.5 Å². The second-order valence-electron chi connectivity index (χ2n) is 7.59. The average molecular weight is 343 g/mol. The normalized spacial score (nSPS) is 24.8. The van der Waals surface area contributed by atoms with Crippen molar-refractivity contribution in [3.63, 3.8) is 0 Å². The highest BCUT2D eigenvalue weighted by Gasteiger charge is 2.33. The van der Waals surface area contributed by atoms with Gasteiger partial charge in [-0.25, -0.2) is 0 Å². The van der Waals surface area contributed by atoms with E-state index in [1.165, 1.54) is 6.42 Å². The van der Waals surface area contributed by atoms with Gasteiger partial charge >= 0.3 is 0 Å². The van der Waals surface area contributed by atoms with Gasteiger partial charge in [-0.05, 0) is 62.5 Å². The van der Waals surface area contributed by atoms with Crippen molar-refractivity contribution < 1.29 is 9.59 Å². The van der Waals surface area contributed by atoms with E-state index in [4.69, 9.17) is 0 Å². The van der Waals surface area contributed by atoms with Crippen LogP contribution >= 0.6 is 0 Å². The third-order valence-corrected chi connectivity index (χ3v) is 5.78. The molecule has 25 heavy (non-hydrogen) atoms. The van der Waals surface area contributed by atoms with Crippen LogP contribution in [0.4, 0.5) is 0 Å². The van der Waals surface area contributed by atoms with Crippen molar-refractivity contribution in [2.24, 2.45) is 17.8 Å². The van der Waals surface area contributed by atoms with Crippen LogP contribution in [-0.4, -0.2) is 23.3 Å². The van der Waals surface area contributed by atoms with Crippen molar-refractivity contribution in [2.75, 3.05) is 6.54 Å². The van der Waals surface area contributed by atoms with Crippen LogP contribution in [0.25, 0.3) is 0 Å². The Labute approximate surface area is 150 Å². The molecule has 1 aromatic rings. The molecule has 0 radical (unpaired) electrons. The minimum absolute atomic E-state index is 0.0102. The first kappa shape index (κ1) is 17.9. The lowest BCUT2D eigenvalue weighted by Crippen LogP contribution is -2.41. The Morgan fingerprint density at radius 2 is 1.92 bits per heavy atom. The van der Waals surface area contributed by atoms with Crippen LogP contribution in [0.2, 0.25) is 0 Å². The van der Waals surface area contributed by atoms with Crippen molar-refractivity contribution >= 4 is 11.8 Å². The first-order chi connectivity index (χ1) is 12.1. The number of nitrogens with zero attached hydrogens (tertiary/aromatic N) is 1. The van der Waals surface area contributed by atoms with Gasteiger partial charge in [-0.3, -0.25) is 14.6 Å². The summed E-state index contributed by atoms with van der Waals surface area (Å²) < 4.78 is 0. The molecule has 0 bridgehead atoms. The summed E-state index contributed by atoms with van der Waals surface area (Å²) in [6.07, 6.45) is 9.32. The van der Waals surface area contributed by atoms with Crippen molar-refractivity contribution in [2.45, 2.75) is 57.9 Å². The molecular weight excluding hydrogens is 314 g/mol. The predicted octanol–water partition coefficient (Wildman–Crippen LogP) is 2.98. The molecule has 2 N–H and O–H groups in total. The maximum Gasteiger partial charge on any atom is 0.223 e. The molecule has 5 heteroatoms. The van der Waals surface area contributed by atoms with Gasteiger partial charge in [-0.15, -0.1) is 0 Å². The topological polar surface area (TPSA) is 71.1 Å². The molecule has 0 aromatic carbocycles. The highest BCUT2D eigenvalue weighted by atomic mass is 16.2. The zero-order valence-electron chi connectivity index (χ0n) is 15.0. The highest BCUT2D eigenvalue weighted by molar-refractivity contribution is 5.79. The fourth-order valence-corrected chi connectivity index (χ4v) is 3.95. The molecule has 2 aliphatic rings. The van der Waals surface area contributed by atoms with Crippen LogP contribution in [-0.2, 0) is 9.59 Å². The van der Waals surface area contributed by atoms with Crippen LogP contribution < -0.4 is 10.6 Å². The molecule has 5 nitrogen and oxygen atoms in total. The number of carbonyl (C=O) groups is 2. The SMILES string of the molecule is CC(=O)NCC1CCC([C@H](NC(=O)C2CCC2)c2ccccn2)CC1. The van der Waals surface area contributed by atoms with E-state index in [0.29, 0.717) is 11.8 Å². The predicted molar refractivity (Wildman–Crippen MR) is 96.6 cm³/mol. The summed E-state index contributed by atoms with van der Waals surface area (Å²) in [4.78, 5) is 28.1. The fraction of sp³-hybridized carbons (Fsp3) is 0.650. The summed E-state index contributed by atoms with van der Waals surface area (Å²) in [7, 11) is 0. The number of nitrogens with one attached hydrogen (secondary N) is 2. The molecule has 2 aliphatic carbocycles. The lowest BCUT2D eigenvalue weighted by Gasteiger charge is -2.35. The second-order valence-corrected chi connectivity index (χ2v) is 7.59. The van der Waals surface area contributed by atoms with E-state index in [1.54, 1.807) is 13.1 Å². The van der Waals surface area contributed by atoms with Crippen LogP contribution in [0.3, 0.4) is 0 Å². The zero-order valence-corrected chi connectivity index (χ0v) is 15.0. The van der Waals surface area contributed by atoms with Crippen LogP contribution in [0.1, 0.15) is 63.6 Å². The minimum atomic E-state index is 0.0102. The lowest BCUT2D eigenvalue weighted by molar-refractivity contribution is -0.128. The van der Waals surface area contributed by atoms with E-state index in [2.05, 4.69) is 15.6 Å². The van der Waals surface area contributed by atoms with Gasteiger partial charge < -0.3 is 10.6 Å². The summed E-state index contributed by atoms with van der Waals surface area (Å²) >= 11 is 0. The van der Waals surface area contributed by atoms with E-state index >= 15 is 0 Å². The van der Waals surface area contributed by atoms with Gasteiger partial charge in [0, 0.05) is 25.6 Å². The molecule has 2 amide bonds. The Morgan fingerprint density at radius 1 is 1.16 bits per heavy atom. The Balaban J connectivity index is 1.61. The van der Waals surface area contributed by atoms with Crippen molar-refractivity contribution in [1.29, 1.82) is 0 Å². The molecule has 0 spiro atoms. The second kappa shape index (κ2) is 8.45. The molecule has 1 heterocycles. The number of carbonyl (C=O) groups excluding carboxylic acids is 2. The van der Waals surface area contributed by atoms with Crippen molar-refractivity contribution in [3.05, 3.63) is 30.1 Å². The van der Waals surface area contributed by atoms with Gasteiger partial charge in [0.05, 0.1) is 11.7 Å². The molecule has 2 fully saturated rings. The minimum Gasteiger partial charge on any atom is -0.356 e. The van der Waals surface area contributed by atoms with Crippen LogP contribution in [0.15, 0.2) is 24.4 Å². The number of hydrogen-bond donors (Lipinski definition) is 2. The third-order valence-electron chi connectivity index (χ3n) is 5.78. The first-order valence-electron chi connectivity index (χ1n) is 9.59. The number of aromatic nitrogens is 1. The lowest BCUT2D eigenvalue weighted by atomic mass is 9.77. The van der Waals surface area contributed by atoms with E-state index in [9.17, 15) is 9.59 Å². The van der Waals surface area contributed by atoms with E-state index in [1.807, 2.05) is 18.2 Å². The number of rotatable bonds is 6. The summed E-state index contributed by atoms with van der Waals surface area (Å²) in [5, 5.41) is 6.23. The molecule has 1 aromatic heterocycles.